The zero-order chi connectivity index (χ0) is 20.2. The highest BCUT2D eigenvalue weighted by molar-refractivity contribution is 7.98. The number of thioether (sulfide) groups is 1. The Kier molecular flexibility index (Phi) is 5.89. The molecular formula is C21H24N6OS. The lowest BCUT2D eigenvalue weighted by Crippen LogP contribution is -2.38. The zero-order valence-electron chi connectivity index (χ0n) is 16.7. The summed E-state index contributed by atoms with van der Waals surface area (Å²) in [6, 6.07) is 9.83. The van der Waals surface area contributed by atoms with E-state index in [1.807, 2.05) is 36.1 Å². The summed E-state index contributed by atoms with van der Waals surface area (Å²) in [5.74, 6) is 1.13. The molecule has 1 aromatic carbocycles. The van der Waals surface area contributed by atoms with Crippen molar-refractivity contribution < 1.29 is 4.79 Å². The summed E-state index contributed by atoms with van der Waals surface area (Å²) in [5.41, 5.74) is 3.25. The molecule has 29 heavy (non-hydrogen) atoms. The van der Waals surface area contributed by atoms with Gasteiger partial charge in [0.15, 0.2) is 10.9 Å². The van der Waals surface area contributed by atoms with E-state index in [0.29, 0.717) is 22.5 Å². The van der Waals surface area contributed by atoms with Gasteiger partial charge >= 0.3 is 0 Å². The molecule has 3 aromatic rings. The number of benzene rings is 1. The molecule has 0 atom stereocenters. The normalized spacial score (nSPS) is 14.9. The Morgan fingerprint density at radius 3 is 2.52 bits per heavy atom. The predicted octanol–water partition coefficient (Wildman–Crippen LogP) is 3.53. The number of aryl methyl sites for hydroxylation is 1. The second-order valence-corrected chi connectivity index (χ2v) is 8.37. The van der Waals surface area contributed by atoms with Crippen molar-refractivity contribution in [3.8, 4) is 5.69 Å². The summed E-state index contributed by atoms with van der Waals surface area (Å²) >= 11 is 1.47. The van der Waals surface area contributed by atoms with Gasteiger partial charge in [-0.15, -0.1) is 5.10 Å². The molecule has 1 aliphatic rings. The third-order valence-electron chi connectivity index (χ3n) is 5.20. The first kappa shape index (κ1) is 19.6. The summed E-state index contributed by atoms with van der Waals surface area (Å²) in [5, 5.41) is 9.27. The highest BCUT2D eigenvalue weighted by atomic mass is 32.2. The van der Waals surface area contributed by atoms with Crippen LogP contribution >= 0.6 is 11.8 Å². The standard InChI is InChI=1S/C21H24N6OS/c1-15-4-6-17(7-5-15)27-18(14-29-21-22-10-3-11-23-21)19(24-25-27)20(28)26-12-8-16(2)9-13-26/h3-7,10-11,16H,8-9,12-14H2,1-2H3. The molecule has 1 saturated heterocycles. The Morgan fingerprint density at radius 2 is 1.83 bits per heavy atom. The van der Waals surface area contributed by atoms with Gasteiger partial charge in [-0.3, -0.25) is 4.79 Å². The monoisotopic (exact) mass is 408 g/mol. The average molecular weight is 409 g/mol. The van der Waals surface area contributed by atoms with E-state index in [2.05, 4.69) is 27.2 Å². The van der Waals surface area contributed by atoms with Crippen molar-refractivity contribution in [3.63, 3.8) is 0 Å². The van der Waals surface area contributed by atoms with Crippen LogP contribution in [0.25, 0.3) is 5.69 Å². The van der Waals surface area contributed by atoms with Gasteiger partial charge < -0.3 is 4.90 Å². The molecule has 8 heteroatoms. The maximum atomic E-state index is 13.2. The van der Waals surface area contributed by atoms with Crippen molar-refractivity contribution in [2.75, 3.05) is 13.1 Å². The van der Waals surface area contributed by atoms with Crippen molar-refractivity contribution in [2.24, 2.45) is 5.92 Å². The van der Waals surface area contributed by atoms with Gasteiger partial charge in [0.05, 0.1) is 11.4 Å². The van der Waals surface area contributed by atoms with Crippen LogP contribution in [-0.4, -0.2) is 48.9 Å². The minimum atomic E-state index is -0.0418. The largest absolute Gasteiger partial charge is 0.337 e. The van der Waals surface area contributed by atoms with Crippen LogP contribution in [0.3, 0.4) is 0 Å². The lowest BCUT2D eigenvalue weighted by Gasteiger charge is -2.29. The fourth-order valence-corrected chi connectivity index (χ4v) is 4.14. The Bertz CT molecular complexity index is 965. The molecule has 4 rings (SSSR count). The Balaban J connectivity index is 1.65. The summed E-state index contributed by atoms with van der Waals surface area (Å²) in [6.45, 7) is 5.82. The number of rotatable bonds is 5. The minimum absolute atomic E-state index is 0.0418. The van der Waals surface area contributed by atoms with Gasteiger partial charge in [-0.2, -0.15) is 0 Å². The van der Waals surface area contributed by atoms with Crippen molar-refractivity contribution in [2.45, 2.75) is 37.6 Å². The van der Waals surface area contributed by atoms with Crippen molar-refractivity contribution in [1.82, 2.24) is 29.9 Å². The Labute approximate surface area is 174 Å². The van der Waals surface area contributed by atoms with Crippen LogP contribution in [0.1, 0.15) is 41.5 Å². The number of likely N-dealkylation sites (tertiary alicyclic amines) is 1. The van der Waals surface area contributed by atoms with E-state index in [1.54, 1.807) is 23.1 Å². The fourth-order valence-electron chi connectivity index (χ4n) is 3.34. The van der Waals surface area contributed by atoms with E-state index < -0.39 is 0 Å². The number of hydrogen-bond acceptors (Lipinski definition) is 6. The van der Waals surface area contributed by atoms with Gasteiger partial charge in [0.1, 0.15) is 0 Å². The van der Waals surface area contributed by atoms with Gasteiger partial charge in [-0.25, -0.2) is 14.6 Å². The Hall–Kier alpha value is -2.74. The van der Waals surface area contributed by atoms with Crippen molar-refractivity contribution in [1.29, 1.82) is 0 Å². The second-order valence-electron chi connectivity index (χ2n) is 7.43. The lowest BCUT2D eigenvalue weighted by atomic mass is 9.99. The molecule has 1 fully saturated rings. The van der Waals surface area contributed by atoms with Crippen LogP contribution in [-0.2, 0) is 5.75 Å². The summed E-state index contributed by atoms with van der Waals surface area (Å²) in [7, 11) is 0. The molecule has 0 aliphatic carbocycles. The SMILES string of the molecule is Cc1ccc(-n2nnc(C(=O)N3CCC(C)CC3)c2CSc2ncccn2)cc1. The molecular weight excluding hydrogens is 384 g/mol. The van der Waals surface area contributed by atoms with E-state index in [0.717, 1.165) is 37.3 Å². The fraction of sp³-hybridized carbons (Fsp3) is 0.381. The molecule has 0 N–H and O–H groups in total. The van der Waals surface area contributed by atoms with Crippen LogP contribution in [0.15, 0.2) is 47.9 Å². The third-order valence-corrected chi connectivity index (χ3v) is 6.08. The molecule has 1 amide bonds. The topological polar surface area (TPSA) is 76.8 Å². The first-order chi connectivity index (χ1) is 14.1. The van der Waals surface area contributed by atoms with E-state index in [4.69, 9.17) is 0 Å². The maximum absolute atomic E-state index is 13.2. The van der Waals surface area contributed by atoms with E-state index in [9.17, 15) is 4.79 Å². The molecule has 7 nitrogen and oxygen atoms in total. The van der Waals surface area contributed by atoms with Crippen LogP contribution in [0.4, 0.5) is 0 Å². The number of hydrogen-bond donors (Lipinski definition) is 0. The first-order valence-electron chi connectivity index (χ1n) is 9.82. The number of nitrogens with zero attached hydrogens (tertiary/aromatic N) is 6. The van der Waals surface area contributed by atoms with Crippen LogP contribution in [0.5, 0.6) is 0 Å². The van der Waals surface area contributed by atoms with Gasteiger partial charge in [0.2, 0.25) is 0 Å². The van der Waals surface area contributed by atoms with Gasteiger partial charge in [0.25, 0.3) is 5.91 Å². The molecule has 2 aromatic heterocycles. The quantitative estimate of drug-likeness (QED) is 0.475. The van der Waals surface area contributed by atoms with Crippen LogP contribution in [0, 0.1) is 12.8 Å². The molecule has 0 spiro atoms. The maximum Gasteiger partial charge on any atom is 0.276 e. The van der Waals surface area contributed by atoms with E-state index >= 15 is 0 Å². The lowest BCUT2D eigenvalue weighted by molar-refractivity contribution is 0.0690. The number of carbonyl (C=O) groups is 1. The van der Waals surface area contributed by atoms with E-state index in [-0.39, 0.29) is 5.91 Å². The number of amides is 1. The highest BCUT2D eigenvalue weighted by Crippen LogP contribution is 2.25. The minimum Gasteiger partial charge on any atom is -0.337 e. The first-order valence-corrected chi connectivity index (χ1v) is 10.8. The molecule has 0 saturated carbocycles. The number of aromatic nitrogens is 5. The smallest absolute Gasteiger partial charge is 0.276 e. The number of carbonyl (C=O) groups excluding carboxylic acids is 1. The van der Waals surface area contributed by atoms with Crippen molar-refractivity contribution >= 4 is 17.7 Å². The number of piperidine rings is 1. The average Bonchev–Trinajstić information content (AvgIpc) is 3.17. The van der Waals surface area contributed by atoms with Gasteiger partial charge in [0, 0.05) is 31.2 Å². The summed E-state index contributed by atoms with van der Waals surface area (Å²) < 4.78 is 1.76. The highest BCUT2D eigenvalue weighted by Gasteiger charge is 2.27. The molecule has 150 valence electrons. The van der Waals surface area contributed by atoms with Gasteiger partial charge in [-0.1, -0.05) is 41.6 Å². The molecule has 3 heterocycles. The molecule has 0 radical (unpaired) electrons. The summed E-state index contributed by atoms with van der Waals surface area (Å²) in [6.07, 6.45) is 5.48. The Morgan fingerprint density at radius 1 is 1.14 bits per heavy atom. The molecule has 0 bridgehead atoms. The van der Waals surface area contributed by atoms with Crippen LogP contribution in [0.2, 0.25) is 0 Å². The van der Waals surface area contributed by atoms with E-state index in [1.165, 1.54) is 17.3 Å². The second kappa shape index (κ2) is 8.73. The predicted molar refractivity (Wildman–Crippen MR) is 112 cm³/mol. The summed E-state index contributed by atoms with van der Waals surface area (Å²) in [4.78, 5) is 23.6. The van der Waals surface area contributed by atoms with Gasteiger partial charge in [-0.05, 0) is 43.9 Å². The van der Waals surface area contributed by atoms with Crippen molar-refractivity contribution in [3.05, 3.63) is 59.7 Å². The third kappa shape index (κ3) is 4.48. The molecule has 0 unspecified atom stereocenters. The zero-order valence-corrected chi connectivity index (χ0v) is 17.5. The van der Waals surface area contributed by atoms with Crippen LogP contribution < -0.4 is 0 Å². The molecule has 1 aliphatic heterocycles.